The monoisotopic (exact) mass is 386 g/mol. The van der Waals surface area contributed by atoms with Gasteiger partial charge in [-0.15, -0.1) is 0 Å². The molecule has 1 aliphatic heterocycles. The summed E-state index contributed by atoms with van der Waals surface area (Å²) in [6.07, 6.45) is 2.17. The number of amides is 2. The number of benzene rings is 1. The highest BCUT2D eigenvalue weighted by atomic mass is 35.5. The molecule has 6 nitrogen and oxygen atoms in total. The average Bonchev–Trinajstić information content (AvgIpc) is 3.01. The van der Waals surface area contributed by atoms with E-state index < -0.39 is 17.9 Å². The lowest BCUT2D eigenvalue weighted by atomic mass is 10.0. The molecule has 7 heteroatoms. The van der Waals surface area contributed by atoms with Gasteiger partial charge in [0.05, 0.1) is 11.7 Å². The molecule has 0 bridgehead atoms. The van der Waals surface area contributed by atoms with Gasteiger partial charge in [-0.3, -0.25) is 14.6 Å². The summed E-state index contributed by atoms with van der Waals surface area (Å²) in [5.41, 5.74) is 7.65. The Morgan fingerprint density at radius 1 is 1.26 bits per heavy atom. The fourth-order valence-electron chi connectivity index (χ4n) is 3.19. The number of carbonyl (C=O) groups is 2. The number of rotatable bonds is 4. The number of carbonyl (C=O) groups excluding carboxylic acids is 2. The Hall–Kier alpha value is -2.44. The maximum atomic E-state index is 12.6. The van der Waals surface area contributed by atoms with Gasteiger partial charge < -0.3 is 16.0 Å². The van der Waals surface area contributed by atoms with Crippen LogP contribution < -0.4 is 11.1 Å². The molecular weight excluding hydrogens is 364 g/mol. The van der Waals surface area contributed by atoms with Crippen molar-refractivity contribution in [2.75, 3.05) is 13.1 Å². The lowest BCUT2D eigenvalue weighted by molar-refractivity contribution is -0.145. The Balaban J connectivity index is 1.74. The molecule has 0 radical (unpaired) electrons. The van der Waals surface area contributed by atoms with Crippen molar-refractivity contribution in [3.63, 3.8) is 0 Å². The maximum absolute atomic E-state index is 12.6. The molecule has 0 spiro atoms. The highest BCUT2D eigenvalue weighted by Gasteiger charge is 2.33. The van der Waals surface area contributed by atoms with Gasteiger partial charge in [0.2, 0.25) is 0 Å². The van der Waals surface area contributed by atoms with Crippen molar-refractivity contribution < 1.29 is 9.59 Å². The van der Waals surface area contributed by atoms with E-state index in [2.05, 4.69) is 10.3 Å². The zero-order valence-corrected chi connectivity index (χ0v) is 15.9. The van der Waals surface area contributed by atoms with Crippen LogP contribution >= 0.6 is 11.6 Å². The minimum absolute atomic E-state index is 0.0950. The van der Waals surface area contributed by atoms with Crippen LogP contribution in [0.2, 0.25) is 5.02 Å². The number of nitrogens with two attached hydrogens (primary N) is 1. The second kappa shape index (κ2) is 8.50. The van der Waals surface area contributed by atoms with Crippen LogP contribution in [0.3, 0.4) is 0 Å². The van der Waals surface area contributed by atoms with Crippen molar-refractivity contribution in [3.8, 4) is 0 Å². The number of hydrogen-bond donors (Lipinski definition) is 2. The van der Waals surface area contributed by atoms with Crippen molar-refractivity contribution in [2.45, 2.75) is 25.4 Å². The van der Waals surface area contributed by atoms with Crippen LogP contribution in [0.4, 0.5) is 0 Å². The molecule has 0 aliphatic carbocycles. The zero-order valence-electron chi connectivity index (χ0n) is 15.1. The first-order valence-electron chi connectivity index (χ1n) is 8.94. The molecule has 1 fully saturated rings. The predicted octanol–water partition coefficient (Wildman–Crippen LogP) is 1.94. The first-order chi connectivity index (χ1) is 12.9. The van der Waals surface area contributed by atoms with Gasteiger partial charge >= 0.3 is 11.8 Å². The largest absolute Gasteiger partial charge is 0.339 e. The lowest BCUT2D eigenvalue weighted by Gasteiger charge is -2.21. The first-order valence-corrected chi connectivity index (χ1v) is 9.32. The van der Waals surface area contributed by atoms with E-state index in [0.29, 0.717) is 30.2 Å². The number of aromatic nitrogens is 1. The van der Waals surface area contributed by atoms with Gasteiger partial charge in [0, 0.05) is 30.4 Å². The molecule has 142 valence electrons. The quantitative estimate of drug-likeness (QED) is 0.786. The van der Waals surface area contributed by atoms with Crippen LogP contribution in [0, 0.1) is 5.92 Å². The van der Waals surface area contributed by atoms with Crippen LogP contribution in [0.25, 0.3) is 0 Å². The maximum Gasteiger partial charge on any atom is 0.311 e. The Morgan fingerprint density at radius 2 is 2.00 bits per heavy atom. The summed E-state index contributed by atoms with van der Waals surface area (Å²) in [5, 5.41) is 3.48. The molecule has 2 amide bonds. The molecule has 0 saturated carbocycles. The van der Waals surface area contributed by atoms with E-state index in [1.807, 2.05) is 37.3 Å². The van der Waals surface area contributed by atoms with Gasteiger partial charge in [0.15, 0.2) is 0 Å². The molecule has 2 heterocycles. The number of nitrogens with zero attached hydrogens (tertiary/aromatic N) is 2. The summed E-state index contributed by atoms with van der Waals surface area (Å²) in [6.45, 7) is 2.88. The van der Waals surface area contributed by atoms with Crippen LogP contribution in [0.5, 0.6) is 0 Å². The highest BCUT2D eigenvalue weighted by Crippen LogP contribution is 2.19. The molecule has 3 atom stereocenters. The van der Waals surface area contributed by atoms with Gasteiger partial charge in [-0.1, -0.05) is 36.7 Å². The Labute approximate surface area is 163 Å². The first kappa shape index (κ1) is 19.3. The summed E-state index contributed by atoms with van der Waals surface area (Å²) in [7, 11) is 0. The number of likely N-dealkylation sites (tertiary alicyclic amines) is 1. The summed E-state index contributed by atoms with van der Waals surface area (Å²) in [6, 6.07) is 12.4. The van der Waals surface area contributed by atoms with Crippen molar-refractivity contribution in [3.05, 3.63) is 64.9 Å². The summed E-state index contributed by atoms with van der Waals surface area (Å²) >= 11 is 5.94. The van der Waals surface area contributed by atoms with E-state index in [1.165, 1.54) is 4.90 Å². The number of nitrogens with one attached hydrogen (secondary N) is 1. The van der Waals surface area contributed by atoms with Crippen molar-refractivity contribution in [1.29, 1.82) is 0 Å². The molecular formula is C20H23ClN4O2. The standard InChI is InChI=1S/C20H23ClN4O2/c1-13-11-25(12-16(13)22)20(27)19(26)24-18(17-4-2-3-9-23-17)10-14-5-7-15(21)8-6-14/h2-9,13,16,18H,10-12,22H2,1H3,(H,24,26)/t13-,16-,18?/m1/s1. The third-order valence-electron chi connectivity index (χ3n) is 4.86. The van der Waals surface area contributed by atoms with E-state index in [1.54, 1.807) is 18.3 Å². The van der Waals surface area contributed by atoms with E-state index >= 15 is 0 Å². The smallest absolute Gasteiger partial charge is 0.311 e. The second-order valence-electron chi connectivity index (χ2n) is 6.96. The molecule has 1 aromatic heterocycles. The van der Waals surface area contributed by atoms with Crippen molar-refractivity contribution in [1.82, 2.24) is 15.2 Å². The fourth-order valence-corrected chi connectivity index (χ4v) is 3.32. The predicted molar refractivity (Wildman–Crippen MR) is 104 cm³/mol. The van der Waals surface area contributed by atoms with E-state index in [4.69, 9.17) is 17.3 Å². The van der Waals surface area contributed by atoms with Gasteiger partial charge in [0.25, 0.3) is 0 Å². The normalized spacial score (nSPS) is 20.3. The number of pyridine rings is 1. The molecule has 27 heavy (non-hydrogen) atoms. The van der Waals surface area contributed by atoms with Gasteiger partial charge in [-0.2, -0.15) is 0 Å². The van der Waals surface area contributed by atoms with Crippen LogP contribution in [0.1, 0.15) is 24.2 Å². The van der Waals surface area contributed by atoms with Crippen molar-refractivity contribution in [2.24, 2.45) is 11.7 Å². The van der Waals surface area contributed by atoms with Crippen LogP contribution in [-0.2, 0) is 16.0 Å². The molecule has 1 saturated heterocycles. The molecule has 1 unspecified atom stereocenters. The molecule has 3 N–H and O–H groups in total. The Morgan fingerprint density at radius 3 is 2.59 bits per heavy atom. The van der Waals surface area contributed by atoms with E-state index in [9.17, 15) is 9.59 Å². The van der Waals surface area contributed by atoms with Crippen LogP contribution in [0.15, 0.2) is 48.7 Å². The fraction of sp³-hybridized carbons (Fsp3) is 0.350. The Kier molecular flexibility index (Phi) is 6.08. The van der Waals surface area contributed by atoms with Gasteiger partial charge in [-0.25, -0.2) is 0 Å². The highest BCUT2D eigenvalue weighted by molar-refractivity contribution is 6.35. The minimum atomic E-state index is -0.638. The summed E-state index contributed by atoms with van der Waals surface area (Å²) in [5.74, 6) is -1.00. The summed E-state index contributed by atoms with van der Waals surface area (Å²) in [4.78, 5) is 31.0. The number of halogens is 1. The molecule has 2 aromatic rings. The third-order valence-corrected chi connectivity index (χ3v) is 5.11. The SMILES string of the molecule is C[C@@H]1CN(C(=O)C(=O)NC(Cc2ccc(Cl)cc2)c2ccccn2)C[C@H]1N. The zero-order chi connectivity index (χ0) is 19.4. The average molecular weight is 387 g/mol. The third kappa shape index (κ3) is 4.84. The molecule has 3 rings (SSSR count). The van der Waals surface area contributed by atoms with E-state index in [0.717, 1.165) is 5.56 Å². The molecule has 1 aromatic carbocycles. The van der Waals surface area contributed by atoms with Crippen molar-refractivity contribution >= 4 is 23.4 Å². The Bertz CT molecular complexity index is 787. The number of hydrogen-bond acceptors (Lipinski definition) is 4. The van der Waals surface area contributed by atoms with Gasteiger partial charge in [0.1, 0.15) is 0 Å². The van der Waals surface area contributed by atoms with Gasteiger partial charge in [-0.05, 0) is 42.2 Å². The topological polar surface area (TPSA) is 88.3 Å². The summed E-state index contributed by atoms with van der Waals surface area (Å²) < 4.78 is 0. The van der Waals surface area contributed by atoms with Crippen LogP contribution in [-0.4, -0.2) is 40.8 Å². The lowest BCUT2D eigenvalue weighted by Crippen LogP contribution is -2.44. The minimum Gasteiger partial charge on any atom is -0.339 e. The van der Waals surface area contributed by atoms with E-state index in [-0.39, 0.29) is 12.0 Å². The molecule has 1 aliphatic rings. The second-order valence-corrected chi connectivity index (χ2v) is 7.40.